The summed E-state index contributed by atoms with van der Waals surface area (Å²) in [6.45, 7) is 1.91. The topological polar surface area (TPSA) is 40.9 Å². The SMILES string of the molecule is CCCC/C(C#N)=C(/CCC(=O)c1ccc(-c2ccccc2)cc1)SC(F)(F)F. The van der Waals surface area contributed by atoms with Crippen LogP contribution in [0, 0.1) is 11.3 Å². The van der Waals surface area contributed by atoms with E-state index in [2.05, 4.69) is 0 Å². The van der Waals surface area contributed by atoms with Gasteiger partial charge in [-0.15, -0.1) is 0 Å². The summed E-state index contributed by atoms with van der Waals surface area (Å²) in [7, 11) is 0. The standard InChI is InChI=1S/C23H22F3NOS/c1-2-3-7-20(16-27)22(29-23(24,25)26)15-14-21(28)19-12-10-18(11-13-19)17-8-5-4-6-9-17/h4-6,8-13H,2-3,7,14-15H2,1H3/b22-20+. The maximum absolute atomic E-state index is 12.9. The molecule has 0 aromatic heterocycles. The first-order valence-corrected chi connectivity index (χ1v) is 10.2. The number of carbonyl (C=O) groups excluding carboxylic acids is 1. The normalized spacial score (nSPS) is 12.2. The number of nitrogens with zero attached hydrogens (tertiary/aromatic N) is 1. The summed E-state index contributed by atoms with van der Waals surface area (Å²) in [5, 5.41) is 9.27. The molecule has 152 valence electrons. The molecule has 0 aliphatic carbocycles. The molecule has 0 bridgehead atoms. The van der Waals surface area contributed by atoms with Crippen molar-refractivity contribution in [2.75, 3.05) is 0 Å². The minimum absolute atomic E-state index is 0.0531. The van der Waals surface area contributed by atoms with Crippen LogP contribution in [0.25, 0.3) is 11.1 Å². The summed E-state index contributed by atoms with van der Waals surface area (Å²) < 4.78 is 38.7. The van der Waals surface area contributed by atoms with Gasteiger partial charge in [0, 0.05) is 22.5 Å². The van der Waals surface area contributed by atoms with Crippen molar-refractivity contribution in [3.63, 3.8) is 0 Å². The first kappa shape index (κ1) is 22.8. The zero-order valence-electron chi connectivity index (χ0n) is 16.1. The van der Waals surface area contributed by atoms with E-state index in [9.17, 15) is 23.2 Å². The number of hydrogen-bond acceptors (Lipinski definition) is 3. The van der Waals surface area contributed by atoms with Gasteiger partial charge in [-0.2, -0.15) is 18.4 Å². The highest BCUT2D eigenvalue weighted by atomic mass is 32.2. The van der Waals surface area contributed by atoms with Crippen molar-refractivity contribution >= 4 is 17.5 Å². The Morgan fingerprint density at radius 1 is 0.966 bits per heavy atom. The second-order valence-corrected chi connectivity index (χ2v) is 7.69. The highest BCUT2D eigenvalue weighted by molar-refractivity contribution is 8.03. The van der Waals surface area contributed by atoms with Crippen molar-refractivity contribution in [3.8, 4) is 17.2 Å². The van der Waals surface area contributed by atoms with Crippen LogP contribution in [-0.2, 0) is 0 Å². The van der Waals surface area contributed by atoms with Gasteiger partial charge in [0.2, 0.25) is 0 Å². The number of thioether (sulfide) groups is 1. The van der Waals surface area contributed by atoms with Crippen molar-refractivity contribution in [2.45, 2.75) is 44.5 Å². The van der Waals surface area contributed by atoms with Crippen LogP contribution in [0.15, 0.2) is 65.1 Å². The molecule has 0 spiro atoms. The molecule has 6 heteroatoms. The average molecular weight is 417 g/mol. The van der Waals surface area contributed by atoms with Gasteiger partial charge in [0.25, 0.3) is 0 Å². The maximum atomic E-state index is 12.9. The summed E-state index contributed by atoms with van der Waals surface area (Å²) in [6, 6.07) is 18.6. The first-order chi connectivity index (χ1) is 13.8. The zero-order chi connectivity index (χ0) is 21.3. The lowest BCUT2D eigenvalue weighted by atomic mass is 10.00. The Bertz CT molecular complexity index is 881. The Hall–Kier alpha value is -2.52. The summed E-state index contributed by atoms with van der Waals surface area (Å²) >= 11 is -0.273. The Morgan fingerprint density at radius 2 is 1.59 bits per heavy atom. The van der Waals surface area contributed by atoms with Gasteiger partial charge in [-0.25, -0.2) is 0 Å². The molecule has 0 saturated heterocycles. The van der Waals surface area contributed by atoms with Gasteiger partial charge in [0.05, 0.1) is 6.07 Å². The monoisotopic (exact) mass is 417 g/mol. The fourth-order valence-corrected chi connectivity index (χ4v) is 3.62. The van der Waals surface area contributed by atoms with Crippen molar-refractivity contribution in [1.29, 1.82) is 5.26 Å². The number of nitriles is 1. The van der Waals surface area contributed by atoms with E-state index in [0.29, 0.717) is 18.4 Å². The van der Waals surface area contributed by atoms with Gasteiger partial charge in [-0.1, -0.05) is 67.9 Å². The van der Waals surface area contributed by atoms with Gasteiger partial charge in [0.1, 0.15) is 0 Å². The Kier molecular flexibility index (Phi) is 8.53. The lowest BCUT2D eigenvalue weighted by molar-refractivity contribution is -0.0322. The number of carbonyl (C=O) groups is 1. The van der Waals surface area contributed by atoms with Crippen LogP contribution in [0.5, 0.6) is 0 Å². The lowest BCUT2D eigenvalue weighted by Crippen LogP contribution is -2.05. The number of ketones is 1. The van der Waals surface area contributed by atoms with Crippen LogP contribution >= 0.6 is 11.8 Å². The predicted octanol–water partition coefficient (Wildman–Crippen LogP) is 7.54. The zero-order valence-corrected chi connectivity index (χ0v) is 16.9. The summed E-state index contributed by atoms with van der Waals surface area (Å²) in [5.41, 5.74) is -1.92. The molecule has 0 heterocycles. The van der Waals surface area contributed by atoms with Gasteiger partial charge in [0.15, 0.2) is 5.78 Å². The molecule has 0 N–H and O–H groups in total. The molecule has 2 aromatic rings. The second kappa shape index (κ2) is 10.9. The van der Waals surface area contributed by atoms with Gasteiger partial charge < -0.3 is 0 Å². The molecule has 0 atom stereocenters. The van der Waals surface area contributed by atoms with E-state index in [1.54, 1.807) is 12.1 Å². The Labute approximate surface area is 173 Å². The molecule has 0 radical (unpaired) electrons. The number of rotatable bonds is 9. The number of unbranched alkanes of at least 4 members (excludes halogenated alkanes) is 1. The van der Waals surface area contributed by atoms with Crippen LogP contribution < -0.4 is 0 Å². The van der Waals surface area contributed by atoms with E-state index in [1.807, 2.05) is 55.5 Å². The first-order valence-electron chi connectivity index (χ1n) is 9.40. The van der Waals surface area contributed by atoms with Crippen molar-refractivity contribution in [1.82, 2.24) is 0 Å². The molecule has 0 aliphatic heterocycles. The van der Waals surface area contributed by atoms with Crippen molar-refractivity contribution < 1.29 is 18.0 Å². The van der Waals surface area contributed by atoms with Gasteiger partial charge in [-0.05, 0) is 42.2 Å². The van der Waals surface area contributed by atoms with Crippen LogP contribution in [-0.4, -0.2) is 11.3 Å². The van der Waals surface area contributed by atoms with Crippen LogP contribution in [0.4, 0.5) is 13.2 Å². The lowest BCUT2D eigenvalue weighted by Gasteiger charge is -2.12. The van der Waals surface area contributed by atoms with E-state index < -0.39 is 5.51 Å². The predicted molar refractivity (Wildman–Crippen MR) is 111 cm³/mol. The largest absolute Gasteiger partial charge is 0.446 e. The Morgan fingerprint density at radius 3 is 2.14 bits per heavy atom. The van der Waals surface area contributed by atoms with Gasteiger partial charge in [-0.3, -0.25) is 4.79 Å². The molecule has 0 unspecified atom stereocenters. The fourth-order valence-electron chi connectivity index (χ4n) is 2.87. The smallest absolute Gasteiger partial charge is 0.294 e. The minimum Gasteiger partial charge on any atom is -0.294 e. The number of halogens is 3. The number of allylic oxidation sites excluding steroid dienone is 2. The van der Waals surface area contributed by atoms with E-state index in [4.69, 9.17) is 0 Å². The molecule has 0 amide bonds. The average Bonchev–Trinajstić information content (AvgIpc) is 2.72. The summed E-state index contributed by atoms with van der Waals surface area (Å²) in [4.78, 5) is 12.4. The second-order valence-electron chi connectivity index (χ2n) is 6.53. The van der Waals surface area contributed by atoms with E-state index in [1.165, 1.54) is 0 Å². The highest BCUT2D eigenvalue weighted by Crippen LogP contribution is 2.40. The molecule has 2 nitrogen and oxygen atoms in total. The number of hydrogen-bond donors (Lipinski definition) is 0. The maximum Gasteiger partial charge on any atom is 0.446 e. The fraction of sp³-hybridized carbons (Fsp3) is 0.304. The molecule has 2 rings (SSSR count). The van der Waals surface area contributed by atoms with Crippen LogP contribution in [0.1, 0.15) is 49.4 Å². The number of benzene rings is 2. The third-order valence-electron chi connectivity index (χ3n) is 4.38. The van der Waals surface area contributed by atoms with Crippen molar-refractivity contribution in [3.05, 3.63) is 70.6 Å². The minimum atomic E-state index is -4.48. The van der Waals surface area contributed by atoms with E-state index in [0.717, 1.165) is 17.5 Å². The third-order valence-corrected chi connectivity index (χ3v) is 5.31. The number of alkyl halides is 3. The molecule has 0 saturated carbocycles. The summed E-state index contributed by atoms with van der Waals surface area (Å²) in [6.07, 6.45) is 1.56. The molecule has 2 aromatic carbocycles. The molecular formula is C23H22F3NOS. The summed E-state index contributed by atoms with van der Waals surface area (Å²) in [5.74, 6) is -0.238. The molecule has 29 heavy (non-hydrogen) atoms. The van der Waals surface area contributed by atoms with E-state index in [-0.39, 0.29) is 40.9 Å². The molecule has 0 aliphatic rings. The van der Waals surface area contributed by atoms with Crippen LogP contribution in [0.3, 0.4) is 0 Å². The van der Waals surface area contributed by atoms with Crippen LogP contribution in [0.2, 0.25) is 0 Å². The molecular weight excluding hydrogens is 395 g/mol. The van der Waals surface area contributed by atoms with Crippen molar-refractivity contribution in [2.24, 2.45) is 0 Å². The highest BCUT2D eigenvalue weighted by Gasteiger charge is 2.31. The Balaban J connectivity index is 2.11. The quantitative estimate of drug-likeness (QED) is 0.313. The van der Waals surface area contributed by atoms with E-state index >= 15 is 0 Å². The van der Waals surface area contributed by atoms with Gasteiger partial charge >= 0.3 is 5.51 Å². The third kappa shape index (κ3) is 7.43. The molecule has 0 fully saturated rings. The number of Topliss-reactive ketones (excluding diaryl/α,β-unsaturated/α-hetero) is 1.